The largest absolute Gasteiger partial charge is 0.410 e. The number of rotatable bonds is 39. The van der Waals surface area contributed by atoms with Crippen LogP contribution in [0, 0.1) is 5.92 Å². The van der Waals surface area contributed by atoms with Crippen LogP contribution in [-0.2, 0) is 124 Å². The van der Waals surface area contributed by atoms with Crippen molar-refractivity contribution in [2.75, 3.05) is 71.4 Å². The molecular formula is C75H123BrN4O53. The van der Waals surface area contributed by atoms with Gasteiger partial charge in [0.15, 0.2) is 50.3 Å². The molecule has 0 aromatic carbocycles. The number of aliphatic hydroxyl groups is 27. The van der Waals surface area contributed by atoms with Gasteiger partial charge in [-0.25, -0.2) is 0 Å². The highest BCUT2D eigenvalue weighted by Gasteiger charge is 2.63. The average Bonchev–Trinajstić information content (AvgIpc) is 0.768. The maximum absolute atomic E-state index is 13.3. The van der Waals surface area contributed by atoms with Gasteiger partial charge in [-0.2, -0.15) is 0 Å². The summed E-state index contributed by atoms with van der Waals surface area (Å²) < 4.78 is 119. The van der Waals surface area contributed by atoms with E-state index in [1.807, 2.05) is 0 Å². The van der Waals surface area contributed by atoms with Gasteiger partial charge in [0.2, 0.25) is 23.6 Å². The summed E-state index contributed by atoms with van der Waals surface area (Å²) in [5, 5.41) is 313. The van der Waals surface area contributed by atoms with Crippen LogP contribution in [0.25, 0.3) is 0 Å². The summed E-state index contributed by atoms with van der Waals surface area (Å²) in [6.45, 7) is -6.33. The van der Waals surface area contributed by atoms with Gasteiger partial charge in [0.25, 0.3) is 6.47 Å². The van der Waals surface area contributed by atoms with E-state index < -0.39 is 421 Å². The molecule has 20 unspecified atom stereocenters. The van der Waals surface area contributed by atoms with E-state index in [0.717, 1.165) is 27.7 Å². The van der Waals surface area contributed by atoms with E-state index in [9.17, 15) is 167 Å². The van der Waals surface area contributed by atoms with Crippen molar-refractivity contribution < 1.29 is 261 Å². The number of ether oxygens (including phenoxy) is 20. The number of halogens is 1. The molecule has 51 atom stereocenters. The molecule has 0 aromatic rings. The molecule has 0 radical (unpaired) electrons. The Morgan fingerprint density at radius 3 is 1.11 bits per heavy atom. The van der Waals surface area contributed by atoms with Crippen LogP contribution in [0.2, 0.25) is 0 Å². The molecule has 0 saturated carbocycles. The summed E-state index contributed by atoms with van der Waals surface area (Å²) in [7, 11) is 0. The Kier molecular flexibility index (Phi) is 40.7. The van der Waals surface area contributed by atoms with Crippen molar-refractivity contribution in [3.8, 4) is 0 Å². The number of ketones is 1. The van der Waals surface area contributed by atoms with E-state index in [4.69, 9.17) is 94.7 Å². The number of carbonyl (C=O) groups is 6. The molecule has 0 aliphatic carbocycles. The van der Waals surface area contributed by atoms with Crippen molar-refractivity contribution in [2.45, 2.75) is 354 Å². The first kappa shape index (κ1) is 111. The van der Waals surface area contributed by atoms with Crippen LogP contribution in [0.5, 0.6) is 0 Å². The number of amides is 4. The van der Waals surface area contributed by atoms with Crippen LogP contribution in [0.4, 0.5) is 0 Å². The molecule has 31 N–H and O–H groups in total. The zero-order valence-corrected chi connectivity index (χ0v) is 73.3. The van der Waals surface area contributed by atoms with E-state index in [-0.39, 0.29) is 11.8 Å². The quantitative estimate of drug-likeness (QED) is 0.0154. The second-order valence-electron chi connectivity index (χ2n) is 33.7. The molecule has 0 aromatic heterocycles. The second kappa shape index (κ2) is 48.9. The third-order valence-electron chi connectivity index (χ3n) is 24.4. The molecule has 10 saturated heterocycles. The zero-order chi connectivity index (χ0) is 98.1. The third-order valence-corrected chi connectivity index (χ3v) is 25.0. The van der Waals surface area contributed by atoms with Crippen molar-refractivity contribution >= 4 is 51.8 Å². The lowest BCUT2D eigenvalue weighted by Crippen LogP contribution is -2.71. The van der Waals surface area contributed by atoms with Gasteiger partial charge >= 0.3 is 5.97 Å². The lowest BCUT2D eigenvalue weighted by atomic mass is 9.87. The van der Waals surface area contributed by atoms with Gasteiger partial charge in [0.1, 0.15) is 231 Å². The topological polar surface area (TPSA) is 881 Å². The summed E-state index contributed by atoms with van der Waals surface area (Å²) in [6, 6.07) is -7.47. The van der Waals surface area contributed by atoms with E-state index in [0.29, 0.717) is 0 Å². The first-order chi connectivity index (χ1) is 62.9. The summed E-state index contributed by atoms with van der Waals surface area (Å²) in [4.78, 5) is 76.7. The van der Waals surface area contributed by atoms with Gasteiger partial charge < -0.3 is 254 Å². The molecule has 133 heavy (non-hydrogen) atoms. The van der Waals surface area contributed by atoms with Crippen LogP contribution in [0.1, 0.15) is 47.5 Å². The Hall–Kier alpha value is -4.34. The molecular weight excluding hydrogens is 1880 g/mol. The van der Waals surface area contributed by atoms with Crippen LogP contribution in [0.3, 0.4) is 0 Å². The Balaban J connectivity index is 0.967. The van der Waals surface area contributed by atoms with Gasteiger partial charge in [-0.1, -0.05) is 22.9 Å². The van der Waals surface area contributed by atoms with Crippen molar-refractivity contribution in [1.82, 2.24) is 21.3 Å². The maximum atomic E-state index is 13.3. The van der Waals surface area contributed by atoms with Crippen LogP contribution >= 0.6 is 15.9 Å². The van der Waals surface area contributed by atoms with Crippen molar-refractivity contribution in [1.29, 1.82) is 0 Å². The summed E-state index contributed by atoms with van der Waals surface area (Å²) in [6.07, 6.45) is -96.1. The molecule has 4 amide bonds. The van der Waals surface area contributed by atoms with Gasteiger partial charge in [-0.15, -0.1) is 0 Å². The van der Waals surface area contributed by atoms with E-state index in [1.165, 1.54) is 6.92 Å². The summed E-state index contributed by atoms with van der Waals surface area (Å²) >= 11 is 3.04. The SMILES string of the molecule is CC(=O)NC1C(O)[C@H](O[C@@H]2OC(CO)[C@H](O)[C@H](O)C2O)[C@H](CO)O[C@H]1OC1[C@@H](OCC2O[C@@H](O[C@@H]3C(CO)O[C@@H](O[C@@H]4C(CO)O[C@@H](CC(=O)CBr)C(NC(C)=O)[C@H]4O)C(NC(C)=O)[C@H]3O)C(O)[C@@H](O[C@H]3OC(CO)[C@@H](O)C(O)C3O[C@@H]3OC(CO)[C@@H](O[C@@H]4OC(CO[C@]5(OC=O)C[C@@H](O)[C@@H](C)C([C@H](O)[C@H](O)CO)O5)[C@H](O)[C@H](O)C4O)[C@H](O)C3NC(C)=O)[C@@H]2O)OC(CO)[C@@H](O)[C@@H]1O. The Morgan fingerprint density at radius 1 is 0.368 bits per heavy atom. The lowest BCUT2D eigenvalue weighted by Gasteiger charge is -2.51. The van der Waals surface area contributed by atoms with Gasteiger partial charge in [-0.3, -0.25) is 28.8 Å². The molecule has 10 heterocycles. The van der Waals surface area contributed by atoms with Gasteiger partial charge in [0.05, 0.1) is 102 Å². The molecule has 10 aliphatic heterocycles. The fraction of sp³-hybridized carbons (Fsp3) is 0.920. The molecule has 0 bridgehead atoms. The first-order valence-corrected chi connectivity index (χ1v) is 43.5. The highest BCUT2D eigenvalue weighted by atomic mass is 79.9. The standard InChI is InChI=1S/C75H123BrN4O53/c1-20-26(95)7-75(116-19-89,133-59(20)42(97)27(96)9-81)115-18-37-46(101)53(108)57(112)71(125-37)128-62-34(15-87)123-69(41(51(62)106)80-24(5)93)132-66-55(110)45(100)31(12-84)120-74(66)130-64-47(102)36(124-72(58(64)113)129-63-35(16-88)121-67(39(49(63)104)78-22(3)91)126-60-32(13-85)117-28(6-25(94)8-76)38(48(60)103)77-21(2)90)17-114-73-65(54(109)44(99)30(11-83)119-73)131-68-40(79-23(4)92)50(105)61(33(14-86)122-68)127-70-56(111)52(107)43(98)29(10-82)118-70/h19-20,26-74,81-88,95-113H,6-18H2,1-5H3,(H,77,90)(H,78,91)(H,79,92)(H,80,93)/t20-,26-,27-,28+,29?,30?,31?,32?,33+,34?,35?,36?,37?,38?,39?,40?,41?,42-,43+,44-,45-,46+,47-,48-,49-,50?,51-,52+,53+,54+,55?,56?,57?,58?,59?,60-,61-,62-,63-,64+,65?,66?,67+,68+,69+,70+,71+,72+,73+,74-,75+/m1/s1. The highest BCUT2D eigenvalue weighted by Crippen LogP contribution is 2.43. The fourth-order valence-electron chi connectivity index (χ4n) is 17.2. The molecule has 57 nitrogen and oxygen atoms in total. The summed E-state index contributed by atoms with van der Waals surface area (Å²) in [5.41, 5.74) is 0. The van der Waals surface area contributed by atoms with E-state index in [2.05, 4.69) is 37.2 Å². The highest BCUT2D eigenvalue weighted by molar-refractivity contribution is 9.09. The number of alkyl halides is 1. The Bertz CT molecular complexity index is 3670. The van der Waals surface area contributed by atoms with Crippen molar-refractivity contribution in [2.24, 2.45) is 5.92 Å². The van der Waals surface area contributed by atoms with E-state index >= 15 is 0 Å². The van der Waals surface area contributed by atoms with Crippen LogP contribution < -0.4 is 21.3 Å². The lowest BCUT2D eigenvalue weighted by molar-refractivity contribution is -0.424. The number of nitrogens with one attached hydrogen (secondary N) is 4. The molecule has 0 spiro atoms. The monoisotopic (exact) mass is 2010 g/mol. The maximum Gasteiger partial charge on any atom is 0.332 e. The fourth-order valence-corrected chi connectivity index (χ4v) is 17.5. The number of carbonyl (C=O) groups excluding carboxylic acids is 6. The molecule has 768 valence electrons. The predicted octanol–water partition coefficient (Wildman–Crippen LogP) is -20.3. The number of aliphatic hydroxyl groups excluding tert-OH is 27. The normalized spacial score (nSPS) is 47.0. The number of hydrogen-bond donors (Lipinski definition) is 31. The Morgan fingerprint density at radius 2 is 0.699 bits per heavy atom. The first-order valence-electron chi connectivity index (χ1n) is 42.4. The molecule has 58 heteroatoms. The minimum atomic E-state index is -2.68. The predicted molar refractivity (Wildman–Crippen MR) is 417 cm³/mol. The van der Waals surface area contributed by atoms with Crippen LogP contribution in [-0.4, -0.2) is 551 Å². The van der Waals surface area contributed by atoms with E-state index in [1.54, 1.807) is 0 Å². The van der Waals surface area contributed by atoms with Gasteiger partial charge in [-0.05, 0) is 0 Å². The Labute approximate surface area is 762 Å². The number of Topliss-reactive ketones (excluding diaryl/α,β-unsaturated/α-hetero) is 1. The minimum Gasteiger partial charge on any atom is -0.410 e. The summed E-state index contributed by atoms with van der Waals surface area (Å²) in [5.74, 6) is -7.92. The van der Waals surface area contributed by atoms with Crippen LogP contribution in [0.15, 0.2) is 0 Å². The van der Waals surface area contributed by atoms with Crippen molar-refractivity contribution in [3.05, 3.63) is 0 Å². The third kappa shape index (κ3) is 25.2. The second-order valence-corrected chi connectivity index (χ2v) is 34.2. The number of hydrogen-bond acceptors (Lipinski definition) is 53. The zero-order valence-electron chi connectivity index (χ0n) is 71.7. The molecule has 10 fully saturated rings. The smallest absolute Gasteiger partial charge is 0.332 e. The van der Waals surface area contributed by atoms with Gasteiger partial charge in [0, 0.05) is 40.0 Å². The van der Waals surface area contributed by atoms with Crippen molar-refractivity contribution in [3.63, 3.8) is 0 Å². The minimum absolute atomic E-state index is 0.201. The average molecular weight is 2010 g/mol. The molecule has 10 aliphatic rings. The molecule has 10 rings (SSSR count).